The van der Waals surface area contributed by atoms with E-state index in [0.29, 0.717) is 17.1 Å². The van der Waals surface area contributed by atoms with Crippen LogP contribution < -0.4 is 5.32 Å². The molecular formula is C14H28ClN. The van der Waals surface area contributed by atoms with Gasteiger partial charge in [0.25, 0.3) is 0 Å². The SMILES string of the molecule is C=C(Cl)NC(CC)C(C)CC(C)C(C)CC. The van der Waals surface area contributed by atoms with Gasteiger partial charge in [0, 0.05) is 6.04 Å². The summed E-state index contributed by atoms with van der Waals surface area (Å²) in [6.45, 7) is 15.2. The second-order valence-corrected chi connectivity index (χ2v) is 5.60. The van der Waals surface area contributed by atoms with E-state index in [1.54, 1.807) is 0 Å². The molecule has 0 saturated heterocycles. The minimum Gasteiger partial charge on any atom is -0.373 e. The van der Waals surface area contributed by atoms with E-state index < -0.39 is 0 Å². The molecule has 96 valence electrons. The molecule has 0 aliphatic heterocycles. The van der Waals surface area contributed by atoms with Gasteiger partial charge in [0.1, 0.15) is 0 Å². The lowest BCUT2D eigenvalue weighted by atomic mass is 9.83. The average Bonchev–Trinajstić information content (AvgIpc) is 2.23. The zero-order valence-electron chi connectivity index (χ0n) is 11.5. The summed E-state index contributed by atoms with van der Waals surface area (Å²) >= 11 is 5.82. The Kier molecular flexibility index (Phi) is 7.91. The van der Waals surface area contributed by atoms with Gasteiger partial charge in [0.15, 0.2) is 0 Å². The first-order valence-electron chi connectivity index (χ1n) is 6.53. The minimum absolute atomic E-state index is 0.455. The van der Waals surface area contributed by atoms with E-state index in [4.69, 9.17) is 11.6 Å². The molecule has 0 aromatic rings. The number of rotatable bonds is 8. The van der Waals surface area contributed by atoms with Crippen LogP contribution in [-0.2, 0) is 0 Å². The lowest BCUT2D eigenvalue weighted by molar-refractivity contribution is 0.267. The van der Waals surface area contributed by atoms with Gasteiger partial charge in [-0.25, -0.2) is 0 Å². The summed E-state index contributed by atoms with van der Waals surface area (Å²) in [6, 6.07) is 0.455. The second kappa shape index (κ2) is 8.00. The van der Waals surface area contributed by atoms with Crippen LogP contribution >= 0.6 is 11.6 Å². The van der Waals surface area contributed by atoms with Gasteiger partial charge in [-0.05, 0) is 30.6 Å². The standard InChI is InChI=1S/C14H28ClN/c1-7-10(3)11(4)9-12(5)14(8-2)16-13(6)15/h10-12,14,16H,6-9H2,1-5H3. The molecular weight excluding hydrogens is 218 g/mol. The molecule has 0 aliphatic carbocycles. The van der Waals surface area contributed by atoms with Crippen molar-refractivity contribution in [3.05, 3.63) is 11.7 Å². The molecule has 4 unspecified atom stereocenters. The molecule has 0 spiro atoms. The fourth-order valence-corrected chi connectivity index (χ4v) is 2.37. The van der Waals surface area contributed by atoms with Gasteiger partial charge in [-0.3, -0.25) is 0 Å². The molecule has 1 N–H and O–H groups in total. The fraction of sp³-hybridized carbons (Fsp3) is 0.857. The van der Waals surface area contributed by atoms with Crippen molar-refractivity contribution in [2.45, 2.75) is 59.9 Å². The van der Waals surface area contributed by atoms with Crippen LogP contribution in [0.4, 0.5) is 0 Å². The molecule has 0 aromatic heterocycles. The lowest BCUT2D eigenvalue weighted by Gasteiger charge is -2.28. The third-order valence-corrected chi connectivity index (χ3v) is 3.94. The molecule has 4 atom stereocenters. The van der Waals surface area contributed by atoms with Crippen LogP contribution in [0, 0.1) is 17.8 Å². The highest BCUT2D eigenvalue weighted by atomic mass is 35.5. The largest absolute Gasteiger partial charge is 0.373 e. The van der Waals surface area contributed by atoms with E-state index in [-0.39, 0.29) is 0 Å². The third kappa shape index (κ3) is 5.79. The monoisotopic (exact) mass is 245 g/mol. The maximum Gasteiger partial charge on any atom is 0.0947 e. The normalized spacial score (nSPS) is 18.6. The van der Waals surface area contributed by atoms with Crippen molar-refractivity contribution in [3.63, 3.8) is 0 Å². The average molecular weight is 246 g/mol. The highest BCUT2D eigenvalue weighted by Crippen LogP contribution is 2.25. The van der Waals surface area contributed by atoms with Crippen molar-refractivity contribution in [2.24, 2.45) is 17.8 Å². The van der Waals surface area contributed by atoms with Gasteiger partial charge in [0.05, 0.1) is 5.16 Å². The van der Waals surface area contributed by atoms with Crippen LogP contribution in [0.2, 0.25) is 0 Å². The molecule has 1 nitrogen and oxygen atoms in total. The predicted octanol–water partition coefficient (Wildman–Crippen LogP) is 4.77. The maximum atomic E-state index is 5.82. The summed E-state index contributed by atoms with van der Waals surface area (Å²) in [5, 5.41) is 3.83. The van der Waals surface area contributed by atoms with Crippen LogP contribution in [0.25, 0.3) is 0 Å². The molecule has 0 aromatic carbocycles. The lowest BCUT2D eigenvalue weighted by Crippen LogP contribution is -2.33. The van der Waals surface area contributed by atoms with Crippen LogP contribution in [0.15, 0.2) is 11.7 Å². The molecule has 0 aliphatic rings. The summed E-state index contributed by atoms with van der Waals surface area (Å²) in [4.78, 5) is 0. The smallest absolute Gasteiger partial charge is 0.0947 e. The quantitative estimate of drug-likeness (QED) is 0.608. The van der Waals surface area contributed by atoms with Gasteiger partial charge < -0.3 is 5.32 Å². The molecule has 0 rings (SSSR count). The second-order valence-electron chi connectivity index (χ2n) is 5.14. The zero-order valence-corrected chi connectivity index (χ0v) is 12.3. The van der Waals surface area contributed by atoms with Gasteiger partial charge in [-0.2, -0.15) is 0 Å². The van der Waals surface area contributed by atoms with Crippen molar-refractivity contribution in [3.8, 4) is 0 Å². The van der Waals surface area contributed by atoms with Crippen LogP contribution in [0.1, 0.15) is 53.9 Å². The van der Waals surface area contributed by atoms with Crippen LogP contribution in [-0.4, -0.2) is 6.04 Å². The number of nitrogens with one attached hydrogen (secondary N) is 1. The Morgan fingerprint density at radius 1 is 1.06 bits per heavy atom. The van der Waals surface area contributed by atoms with Crippen LogP contribution in [0.5, 0.6) is 0 Å². The van der Waals surface area contributed by atoms with Crippen molar-refractivity contribution >= 4 is 11.6 Å². The zero-order chi connectivity index (χ0) is 12.7. The van der Waals surface area contributed by atoms with Crippen molar-refractivity contribution in [1.29, 1.82) is 0 Å². The first kappa shape index (κ1) is 15.8. The van der Waals surface area contributed by atoms with Gasteiger partial charge >= 0.3 is 0 Å². The summed E-state index contributed by atoms with van der Waals surface area (Å²) < 4.78 is 0. The Balaban J connectivity index is 4.19. The number of hydrogen-bond acceptors (Lipinski definition) is 1. The highest BCUT2D eigenvalue weighted by molar-refractivity contribution is 6.28. The van der Waals surface area contributed by atoms with E-state index in [0.717, 1.165) is 18.3 Å². The maximum absolute atomic E-state index is 5.82. The van der Waals surface area contributed by atoms with E-state index >= 15 is 0 Å². The van der Waals surface area contributed by atoms with Gasteiger partial charge in [0.2, 0.25) is 0 Å². The molecule has 16 heavy (non-hydrogen) atoms. The highest BCUT2D eigenvalue weighted by Gasteiger charge is 2.20. The molecule has 0 radical (unpaired) electrons. The number of halogens is 1. The van der Waals surface area contributed by atoms with Gasteiger partial charge in [-0.15, -0.1) is 0 Å². The van der Waals surface area contributed by atoms with E-state index in [1.165, 1.54) is 12.8 Å². The first-order chi connectivity index (χ1) is 7.42. The van der Waals surface area contributed by atoms with Crippen molar-refractivity contribution in [2.75, 3.05) is 0 Å². The molecule has 0 amide bonds. The van der Waals surface area contributed by atoms with E-state index in [2.05, 4.69) is 46.5 Å². The molecule has 0 heterocycles. The topological polar surface area (TPSA) is 12.0 Å². The third-order valence-electron chi connectivity index (χ3n) is 3.83. The first-order valence-corrected chi connectivity index (χ1v) is 6.91. The molecule has 0 fully saturated rings. The van der Waals surface area contributed by atoms with E-state index in [1.807, 2.05) is 0 Å². The Morgan fingerprint density at radius 3 is 2.00 bits per heavy atom. The number of hydrogen-bond donors (Lipinski definition) is 1. The Morgan fingerprint density at radius 2 is 1.62 bits per heavy atom. The fourth-order valence-electron chi connectivity index (χ4n) is 2.23. The Labute approximate surface area is 107 Å². The Bertz CT molecular complexity index is 203. The van der Waals surface area contributed by atoms with E-state index in [9.17, 15) is 0 Å². The summed E-state index contributed by atoms with van der Waals surface area (Å²) in [5.74, 6) is 2.23. The van der Waals surface area contributed by atoms with Crippen molar-refractivity contribution in [1.82, 2.24) is 5.32 Å². The molecule has 2 heteroatoms. The summed E-state index contributed by atoms with van der Waals surface area (Å²) in [5.41, 5.74) is 0. The van der Waals surface area contributed by atoms with Crippen LogP contribution in [0.3, 0.4) is 0 Å². The molecule has 0 bridgehead atoms. The Hall–Kier alpha value is -0.170. The summed E-state index contributed by atoms with van der Waals surface area (Å²) in [6.07, 6.45) is 3.62. The predicted molar refractivity (Wildman–Crippen MR) is 74.6 cm³/mol. The molecule has 0 saturated carbocycles. The van der Waals surface area contributed by atoms with Gasteiger partial charge in [-0.1, -0.05) is 59.2 Å². The minimum atomic E-state index is 0.455. The summed E-state index contributed by atoms with van der Waals surface area (Å²) in [7, 11) is 0. The van der Waals surface area contributed by atoms with Crippen molar-refractivity contribution < 1.29 is 0 Å².